The first kappa shape index (κ1) is 15.6. The fraction of sp³-hybridized carbons (Fsp3) is 0.143. The van der Waals surface area contributed by atoms with Gasteiger partial charge in [-0.05, 0) is 40.2 Å². The highest BCUT2D eigenvalue weighted by Gasteiger charge is 2.30. The molecule has 0 radical (unpaired) electrons. The number of ether oxygens (including phenoxy) is 2. The lowest BCUT2D eigenvalue weighted by atomic mass is 10.2. The monoisotopic (exact) mass is 387 g/mol. The van der Waals surface area contributed by atoms with Gasteiger partial charge in [0.2, 0.25) is 6.79 Å². The summed E-state index contributed by atoms with van der Waals surface area (Å²) in [6.45, 7) is 0.163. The maximum Gasteiger partial charge on any atom is 0.417 e. The molecule has 1 aromatic heterocycles. The fourth-order valence-corrected chi connectivity index (χ4v) is 2.25. The number of rotatable bonds is 3. The Bertz CT molecular complexity index is 748. The predicted octanol–water partition coefficient (Wildman–Crippen LogP) is 4.04. The summed E-state index contributed by atoms with van der Waals surface area (Å²) in [5, 5.41) is 3.94. The molecule has 120 valence electrons. The van der Waals surface area contributed by atoms with Gasteiger partial charge < -0.3 is 9.47 Å². The van der Waals surface area contributed by atoms with Gasteiger partial charge in [0.15, 0.2) is 11.5 Å². The molecular formula is C14H9BrF3N3O2. The molecule has 0 saturated carbocycles. The first-order valence-electron chi connectivity index (χ1n) is 6.35. The summed E-state index contributed by atoms with van der Waals surface area (Å²) < 4.78 is 48.5. The van der Waals surface area contributed by atoms with Crippen molar-refractivity contribution in [3.05, 3.63) is 46.1 Å². The molecule has 3 rings (SSSR count). The van der Waals surface area contributed by atoms with Crippen LogP contribution in [-0.4, -0.2) is 18.0 Å². The van der Waals surface area contributed by atoms with E-state index in [2.05, 4.69) is 31.4 Å². The van der Waals surface area contributed by atoms with Crippen LogP contribution in [0.2, 0.25) is 0 Å². The van der Waals surface area contributed by atoms with Crippen LogP contribution >= 0.6 is 15.9 Å². The fourth-order valence-electron chi connectivity index (χ4n) is 1.83. The van der Waals surface area contributed by atoms with Crippen LogP contribution in [-0.2, 0) is 6.18 Å². The van der Waals surface area contributed by atoms with Crippen LogP contribution in [0.3, 0.4) is 0 Å². The summed E-state index contributed by atoms with van der Waals surface area (Å²) in [6, 6.07) is 5.62. The van der Waals surface area contributed by atoms with Crippen LogP contribution in [0.15, 0.2) is 40.0 Å². The topological polar surface area (TPSA) is 55.7 Å². The van der Waals surface area contributed by atoms with E-state index in [1.165, 1.54) is 12.3 Å². The van der Waals surface area contributed by atoms with Gasteiger partial charge in [-0.3, -0.25) is 5.43 Å². The molecular weight excluding hydrogens is 379 g/mol. The lowest BCUT2D eigenvalue weighted by molar-refractivity contribution is -0.137. The number of nitrogens with one attached hydrogen (secondary N) is 1. The number of hydrazone groups is 1. The molecule has 0 unspecified atom stereocenters. The highest BCUT2D eigenvalue weighted by atomic mass is 79.9. The van der Waals surface area contributed by atoms with E-state index in [0.29, 0.717) is 17.1 Å². The van der Waals surface area contributed by atoms with E-state index in [4.69, 9.17) is 9.47 Å². The highest BCUT2D eigenvalue weighted by molar-refractivity contribution is 9.10. The SMILES string of the molecule is FC(F)(F)c1ccc(N/N=C\c2cc3c(cc2Br)OCO3)nc1. The Morgan fingerprint density at radius 1 is 1.22 bits per heavy atom. The Balaban J connectivity index is 1.70. The number of alkyl halides is 3. The van der Waals surface area contributed by atoms with Crippen molar-refractivity contribution in [3.63, 3.8) is 0 Å². The zero-order valence-electron chi connectivity index (χ0n) is 11.4. The zero-order valence-corrected chi connectivity index (χ0v) is 13.0. The number of pyridine rings is 1. The Hall–Kier alpha value is -2.29. The van der Waals surface area contributed by atoms with Crippen molar-refractivity contribution in [3.8, 4) is 11.5 Å². The van der Waals surface area contributed by atoms with Crippen LogP contribution in [0.1, 0.15) is 11.1 Å². The van der Waals surface area contributed by atoms with Gasteiger partial charge in [-0.25, -0.2) is 4.98 Å². The molecule has 0 fully saturated rings. The molecule has 0 spiro atoms. The van der Waals surface area contributed by atoms with Crippen LogP contribution in [0, 0.1) is 0 Å². The van der Waals surface area contributed by atoms with Crippen molar-refractivity contribution in [2.45, 2.75) is 6.18 Å². The largest absolute Gasteiger partial charge is 0.454 e. The summed E-state index contributed by atoms with van der Waals surface area (Å²) in [5.41, 5.74) is 2.47. The quantitative estimate of drug-likeness (QED) is 0.637. The maximum atomic E-state index is 12.4. The molecule has 0 bridgehead atoms. The number of nitrogens with zero attached hydrogens (tertiary/aromatic N) is 2. The minimum Gasteiger partial charge on any atom is -0.454 e. The van der Waals surface area contributed by atoms with Gasteiger partial charge in [0.05, 0.1) is 11.8 Å². The van der Waals surface area contributed by atoms with Crippen molar-refractivity contribution in [1.82, 2.24) is 4.98 Å². The van der Waals surface area contributed by atoms with Crippen LogP contribution in [0.5, 0.6) is 11.5 Å². The Kier molecular flexibility index (Phi) is 4.12. The van der Waals surface area contributed by atoms with E-state index in [-0.39, 0.29) is 12.6 Å². The number of benzene rings is 1. The number of hydrogen-bond acceptors (Lipinski definition) is 5. The van der Waals surface area contributed by atoms with Gasteiger partial charge in [0.1, 0.15) is 5.82 Å². The average molecular weight is 388 g/mol. The Labute approximate surface area is 137 Å². The minimum absolute atomic E-state index is 0.163. The molecule has 1 N–H and O–H groups in total. The molecule has 0 amide bonds. The third kappa shape index (κ3) is 3.55. The average Bonchev–Trinajstić information content (AvgIpc) is 2.94. The second-order valence-electron chi connectivity index (χ2n) is 4.53. The Morgan fingerprint density at radius 3 is 2.61 bits per heavy atom. The smallest absolute Gasteiger partial charge is 0.417 e. The summed E-state index contributed by atoms with van der Waals surface area (Å²) in [4.78, 5) is 3.66. The number of hydrogen-bond donors (Lipinski definition) is 1. The van der Waals surface area contributed by atoms with Crippen molar-refractivity contribution in [2.75, 3.05) is 12.2 Å². The lowest BCUT2D eigenvalue weighted by Crippen LogP contribution is -2.05. The molecule has 0 atom stereocenters. The summed E-state index contributed by atoms with van der Waals surface area (Å²) in [6.07, 6.45) is -2.17. The normalized spacial score (nSPS) is 13.6. The van der Waals surface area contributed by atoms with Gasteiger partial charge in [-0.15, -0.1) is 0 Å². The summed E-state index contributed by atoms with van der Waals surface area (Å²) >= 11 is 3.37. The van der Waals surface area contributed by atoms with E-state index < -0.39 is 11.7 Å². The highest BCUT2D eigenvalue weighted by Crippen LogP contribution is 2.36. The molecule has 1 aliphatic heterocycles. The molecule has 0 aliphatic carbocycles. The number of halogens is 4. The van der Waals surface area contributed by atoms with Crippen LogP contribution < -0.4 is 14.9 Å². The molecule has 5 nitrogen and oxygen atoms in total. The van der Waals surface area contributed by atoms with Crippen molar-refractivity contribution in [1.29, 1.82) is 0 Å². The summed E-state index contributed by atoms with van der Waals surface area (Å²) in [7, 11) is 0. The van der Waals surface area contributed by atoms with Gasteiger partial charge in [0, 0.05) is 16.2 Å². The molecule has 0 saturated heterocycles. The van der Waals surface area contributed by atoms with Crippen molar-refractivity contribution in [2.24, 2.45) is 5.10 Å². The number of fused-ring (bicyclic) bond motifs is 1. The Morgan fingerprint density at radius 2 is 1.96 bits per heavy atom. The van der Waals surface area contributed by atoms with Gasteiger partial charge in [-0.2, -0.15) is 18.3 Å². The van der Waals surface area contributed by atoms with E-state index in [9.17, 15) is 13.2 Å². The maximum absolute atomic E-state index is 12.4. The second-order valence-corrected chi connectivity index (χ2v) is 5.38. The zero-order chi connectivity index (χ0) is 16.4. The first-order valence-corrected chi connectivity index (χ1v) is 7.14. The number of aromatic nitrogens is 1. The predicted molar refractivity (Wildman–Crippen MR) is 80.7 cm³/mol. The minimum atomic E-state index is -4.41. The molecule has 1 aliphatic rings. The molecule has 1 aromatic carbocycles. The van der Waals surface area contributed by atoms with E-state index >= 15 is 0 Å². The molecule has 2 aromatic rings. The van der Waals surface area contributed by atoms with E-state index in [0.717, 1.165) is 16.7 Å². The third-order valence-electron chi connectivity index (χ3n) is 2.97. The van der Waals surface area contributed by atoms with Crippen LogP contribution in [0.25, 0.3) is 0 Å². The van der Waals surface area contributed by atoms with Gasteiger partial charge >= 0.3 is 6.18 Å². The standard InChI is InChI=1S/C14H9BrF3N3O2/c15-10-4-12-11(22-7-23-12)3-8(10)5-20-21-13-2-1-9(6-19-13)14(16,17)18/h1-6H,7H2,(H,19,21)/b20-5-. The molecule has 9 heteroatoms. The van der Waals surface area contributed by atoms with Gasteiger partial charge in [0.25, 0.3) is 0 Å². The van der Waals surface area contributed by atoms with Crippen molar-refractivity contribution < 1.29 is 22.6 Å². The summed E-state index contributed by atoms with van der Waals surface area (Å²) in [5.74, 6) is 1.43. The van der Waals surface area contributed by atoms with Crippen LogP contribution in [0.4, 0.5) is 19.0 Å². The number of anilines is 1. The second kappa shape index (κ2) is 6.07. The van der Waals surface area contributed by atoms with Crippen molar-refractivity contribution >= 4 is 28.0 Å². The first-order chi connectivity index (χ1) is 10.9. The molecule has 23 heavy (non-hydrogen) atoms. The van der Waals surface area contributed by atoms with E-state index in [1.807, 2.05) is 0 Å². The lowest BCUT2D eigenvalue weighted by Gasteiger charge is -2.06. The van der Waals surface area contributed by atoms with Gasteiger partial charge in [-0.1, -0.05) is 0 Å². The van der Waals surface area contributed by atoms with E-state index in [1.54, 1.807) is 12.1 Å². The molecule has 2 heterocycles. The third-order valence-corrected chi connectivity index (χ3v) is 3.65.